The van der Waals surface area contributed by atoms with Gasteiger partial charge in [0.05, 0.1) is 18.8 Å². The number of alkyl halides is 2. The lowest BCUT2D eigenvalue weighted by Gasteiger charge is -2.34. The monoisotopic (exact) mass is 315 g/mol. The van der Waals surface area contributed by atoms with Crippen molar-refractivity contribution in [2.24, 2.45) is 5.92 Å². The lowest BCUT2D eigenvalue weighted by molar-refractivity contribution is -0.157. The van der Waals surface area contributed by atoms with E-state index in [1.807, 2.05) is 6.92 Å². The van der Waals surface area contributed by atoms with Gasteiger partial charge >= 0.3 is 0 Å². The molecule has 124 valence electrons. The second-order valence-corrected chi connectivity index (χ2v) is 5.68. The molecule has 0 aliphatic heterocycles. The topological polar surface area (TPSA) is 58.4 Å². The summed E-state index contributed by atoms with van der Waals surface area (Å²) in [5.74, 6) is -4.79. The van der Waals surface area contributed by atoms with Crippen molar-refractivity contribution in [1.82, 2.24) is 14.7 Å². The minimum Gasteiger partial charge on any atom is -0.395 e. The lowest BCUT2D eigenvalue weighted by atomic mass is 9.84. The molecule has 0 saturated heterocycles. The summed E-state index contributed by atoms with van der Waals surface area (Å²) in [6.45, 7) is 2.57. The summed E-state index contributed by atoms with van der Waals surface area (Å²) in [5, 5.41) is 13.3. The summed E-state index contributed by atoms with van der Waals surface area (Å²) < 4.78 is 29.8. The van der Waals surface area contributed by atoms with E-state index in [4.69, 9.17) is 5.11 Å². The van der Waals surface area contributed by atoms with Crippen LogP contribution in [0.15, 0.2) is 12.3 Å². The predicted octanol–water partition coefficient (Wildman–Crippen LogP) is 2.05. The standard InChI is InChI=1S/C15H23F2N3O2/c1-2-20-12(6-8-18-20)11-19(9-10-21)14(22)13-5-3-4-7-15(13,16)17/h6,8,13,21H,2-5,7,9-11H2,1H3/t13-/m1/s1. The van der Waals surface area contributed by atoms with Gasteiger partial charge in [-0.3, -0.25) is 9.48 Å². The van der Waals surface area contributed by atoms with Crippen molar-refractivity contribution in [3.63, 3.8) is 0 Å². The molecule has 5 nitrogen and oxygen atoms in total. The number of halogens is 2. The zero-order chi connectivity index (χ0) is 16.2. The molecule has 0 aromatic carbocycles. The number of hydrogen-bond acceptors (Lipinski definition) is 3. The first-order valence-corrected chi connectivity index (χ1v) is 7.77. The molecule has 0 bridgehead atoms. The molecule has 1 saturated carbocycles. The molecule has 0 radical (unpaired) electrons. The minimum absolute atomic E-state index is 0.0559. The molecular formula is C15H23F2N3O2. The second-order valence-electron chi connectivity index (χ2n) is 5.68. The Labute approximate surface area is 128 Å². The average Bonchev–Trinajstić information content (AvgIpc) is 2.93. The highest BCUT2D eigenvalue weighted by Crippen LogP contribution is 2.39. The zero-order valence-electron chi connectivity index (χ0n) is 12.8. The number of aryl methyl sites for hydroxylation is 1. The van der Waals surface area contributed by atoms with Crippen LogP contribution in [0.4, 0.5) is 8.78 Å². The smallest absolute Gasteiger partial charge is 0.259 e. The lowest BCUT2D eigenvalue weighted by Crippen LogP contribution is -2.46. The predicted molar refractivity (Wildman–Crippen MR) is 77.3 cm³/mol. The number of carbonyl (C=O) groups is 1. The van der Waals surface area contributed by atoms with Gasteiger partial charge in [-0.2, -0.15) is 5.10 Å². The summed E-state index contributed by atoms with van der Waals surface area (Å²) in [5.41, 5.74) is 0.781. The maximum atomic E-state index is 14.0. The Hall–Kier alpha value is -1.50. The van der Waals surface area contributed by atoms with Crippen LogP contribution in [0.25, 0.3) is 0 Å². The number of carbonyl (C=O) groups excluding carboxylic acids is 1. The quantitative estimate of drug-likeness (QED) is 0.874. The van der Waals surface area contributed by atoms with E-state index in [0.29, 0.717) is 19.4 Å². The molecule has 1 aromatic heterocycles. The van der Waals surface area contributed by atoms with Crippen LogP contribution < -0.4 is 0 Å². The summed E-state index contributed by atoms with van der Waals surface area (Å²) in [7, 11) is 0. The van der Waals surface area contributed by atoms with Crippen molar-refractivity contribution in [1.29, 1.82) is 0 Å². The number of hydrogen-bond donors (Lipinski definition) is 1. The molecular weight excluding hydrogens is 292 g/mol. The number of rotatable bonds is 6. The van der Waals surface area contributed by atoms with Gasteiger partial charge in [-0.15, -0.1) is 0 Å². The van der Waals surface area contributed by atoms with E-state index < -0.39 is 17.7 Å². The Morgan fingerprint density at radius 2 is 2.32 bits per heavy atom. The first-order chi connectivity index (χ1) is 10.5. The van der Waals surface area contributed by atoms with Crippen LogP contribution in [0.5, 0.6) is 0 Å². The number of aliphatic hydroxyl groups excluding tert-OH is 1. The first kappa shape index (κ1) is 16.9. The molecule has 1 heterocycles. The third-order valence-corrected chi connectivity index (χ3v) is 4.20. The van der Waals surface area contributed by atoms with Crippen LogP contribution in [-0.2, 0) is 17.9 Å². The molecule has 1 fully saturated rings. The van der Waals surface area contributed by atoms with Crippen LogP contribution >= 0.6 is 0 Å². The van der Waals surface area contributed by atoms with E-state index in [9.17, 15) is 13.6 Å². The maximum Gasteiger partial charge on any atom is 0.259 e. The molecule has 0 spiro atoms. The Bertz CT molecular complexity index is 505. The molecule has 1 aromatic rings. The summed E-state index contributed by atoms with van der Waals surface area (Å²) in [6, 6.07) is 1.76. The summed E-state index contributed by atoms with van der Waals surface area (Å²) in [4.78, 5) is 13.9. The molecule has 22 heavy (non-hydrogen) atoms. The molecule has 1 N–H and O–H groups in total. The van der Waals surface area contributed by atoms with E-state index in [0.717, 1.165) is 5.69 Å². The molecule has 1 amide bonds. The van der Waals surface area contributed by atoms with E-state index >= 15 is 0 Å². The van der Waals surface area contributed by atoms with Crippen LogP contribution in [0.1, 0.15) is 38.3 Å². The molecule has 2 rings (SSSR count). The minimum atomic E-state index is -2.95. The van der Waals surface area contributed by atoms with E-state index in [1.165, 1.54) is 4.90 Å². The van der Waals surface area contributed by atoms with Gasteiger partial charge in [-0.1, -0.05) is 6.42 Å². The largest absolute Gasteiger partial charge is 0.395 e. The van der Waals surface area contributed by atoms with Crippen LogP contribution in [0.3, 0.4) is 0 Å². The Morgan fingerprint density at radius 3 is 2.95 bits per heavy atom. The molecule has 1 aliphatic carbocycles. The van der Waals surface area contributed by atoms with Gasteiger partial charge in [-0.25, -0.2) is 8.78 Å². The maximum absolute atomic E-state index is 14.0. The summed E-state index contributed by atoms with van der Waals surface area (Å²) in [6.07, 6.45) is 2.70. The van der Waals surface area contributed by atoms with Gasteiger partial charge in [0.1, 0.15) is 5.92 Å². The number of aliphatic hydroxyl groups is 1. The van der Waals surface area contributed by atoms with E-state index in [-0.39, 0.29) is 32.5 Å². The van der Waals surface area contributed by atoms with Gasteiger partial charge in [0.15, 0.2) is 0 Å². The molecule has 0 unspecified atom stereocenters. The summed E-state index contributed by atoms with van der Waals surface area (Å²) >= 11 is 0. The van der Waals surface area contributed by atoms with Crippen molar-refractivity contribution in [3.8, 4) is 0 Å². The van der Waals surface area contributed by atoms with Crippen molar-refractivity contribution >= 4 is 5.91 Å². The van der Waals surface area contributed by atoms with Gasteiger partial charge in [0.25, 0.3) is 5.92 Å². The highest BCUT2D eigenvalue weighted by Gasteiger charge is 2.47. The van der Waals surface area contributed by atoms with Crippen molar-refractivity contribution in [2.45, 2.75) is 51.6 Å². The van der Waals surface area contributed by atoms with Crippen LogP contribution in [0, 0.1) is 5.92 Å². The van der Waals surface area contributed by atoms with Crippen molar-refractivity contribution in [3.05, 3.63) is 18.0 Å². The fourth-order valence-electron chi connectivity index (χ4n) is 2.98. The van der Waals surface area contributed by atoms with Gasteiger partial charge < -0.3 is 10.0 Å². The van der Waals surface area contributed by atoms with Gasteiger partial charge in [0, 0.05) is 25.7 Å². The fraction of sp³-hybridized carbons (Fsp3) is 0.733. The highest BCUT2D eigenvalue weighted by molar-refractivity contribution is 5.80. The van der Waals surface area contributed by atoms with E-state index in [2.05, 4.69) is 5.10 Å². The Balaban J connectivity index is 2.14. The molecule has 1 atom stereocenters. The molecule has 7 heteroatoms. The van der Waals surface area contributed by atoms with Gasteiger partial charge in [-0.05, 0) is 25.8 Å². The van der Waals surface area contributed by atoms with Crippen molar-refractivity contribution < 1.29 is 18.7 Å². The van der Waals surface area contributed by atoms with Crippen LogP contribution in [0.2, 0.25) is 0 Å². The fourth-order valence-corrected chi connectivity index (χ4v) is 2.98. The van der Waals surface area contributed by atoms with Crippen LogP contribution in [-0.4, -0.2) is 44.8 Å². The SMILES string of the molecule is CCn1nccc1CN(CCO)C(=O)[C@H]1CCCCC1(F)F. The molecule has 1 aliphatic rings. The van der Waals surface area contributed by atoms with Crippen molar-refractivity contribution in [2.75, 3.05) is 13.2 Å². The normalized spacial score (nSPS) is 20.8. The Morgan fingerprint density at radius 1 is 1.55 bits per heavy atom. The average molecular weight is 315 g/mol. The Kier molecular flexibility index (Phi) is 5.50. The number of nitrogens with zero attached hydrogens (tertiary/aromatic N) is 3. The third kappa shape index (κ3) is 3.63. The number of aromatic nitrogens is 2. The first-order valence-electron chi connectivity index (χ1n) is 7.77. The highest BCUT2D eigenvalue weighted by atomic mass is 19.3. The van der Waals surface area contributed by atoms with E-state index in [1.54, 1.807) is 16.9 Å². The third-order valence-electron chi connectivity index (χ3n) is 4.20. The zero-order valence-corrected chi connectivity index (χ0v) is 12.8. The van der Waals surface area contributed by atoms with Gasteiger partial charge in [0.2, 0.25) is 5.91 Å². The number of amides is 1. The second kappa shape index (κ2) is 7.17.